The Kier molecular flexibility index (Phi) is 5.52. The summed E-state index contributed by atoms with van der Waals surface area (Å²) in [5, 5.41) is 8.51. The quantitative estimate of drug-likeness (QED) is 0.816. The third-order valence-corrected chi connectivity index (χ3v) is 3.28. The Hall–Kier alpha value is -1.18. The molecule has 4 nitrogen and oxygen atoms in total. The summed E-state index contributed by atoms with van der Waals surface area (Å²) in [5.74, 6) is -1.50. The number of carbonyl (C=O) groups excluding carboxylic acids is 1. The van der Waals surface area contributed by atoms with Gasteiger partial charge in [0.15, 0.2) is 0 Å². The van der Waals surface area contributed by atoms with E-state index in [1.807, 2.05) is 22.6 Å². The highest BCUT2D eigenvalue weighted by atomic mass is 127. The zero-order chi connectivity index (χ0) is 13.7. The van der Waals surface area contributed by atoms with E-state index in [1.54, 1.807) is 7.05 Å². The number of nitrogens with zero attached hydrogens (tertiary/aromatic N) is 1. The maximum absolute atomic E-state index is 12.9. The lowest BCUT2D eigenvalue weighted by molar-refractivity contribution is -0.137. The number of amides is 1. The van der Waals surface area contributed by atoms with E-state index in [2.05, 4.69) is 0 Å². The average Bonchev–Trinajstić information content (AvgIpc) is 2.27. The van der Waals surface area contributed by atoms with Crippen molar-refractivity contribution in [1.29, 1.82) is 0 Å². The Morgan fingerprint density at radius 2 is 2.11 bits per heavy atom. The predicted molar refractivity (Wildman–Crippen MR) is 72.9 cm³/mol. The second-order valence-electron chi connectivity index (χ2n) is 3.85. The van der Waals surface area contributed by atoms with Crippen molar-refractivity contribution in [1.82, 2.24) is 4.90 Å². The Labute approximate surface area is 118 Å². The van der Waals surface area contributed by atoms with Crippen LogP contribution >= 0.6 is 22.6 Å². The van der Waals surface area contributed by atoms with Gasteiger partial charge in [-0.3, -0.25) is 9.59 Å². The summed E-state index contributed by atoms with van der Waals surface area (Å²) in [6.45, 7) is 0.360. The number of benzene rings is 1. The molecule has 1 amide bonds. The van der Waals surface area contributed by atoms with Crippen LogP contribution in [0.25, 0.3) is 0 Å². The average molecular weight is 365 g/mol. The first-order chi connectivity index (χ1) is 8.41. The zero-order valence-corrected chi connectivity index (χ0v) is 12.0. The van der Waals surface area contributed by atoms with Gasteiger partial charge in [-0.2, -0.15) is 0 Å². The summed E-state index contributed by atoms with van der Waals surface area (Å²) in [6, 6.07) is 3.96. The first kappa shape index (κ1) is 14.9. The van der Waals surface area contributed by atoms with Crippen molar-refractivity contribution in [2.75, 3.05) is 13.6 Å². The van der Waals surface area contributed by atoms with Crippen molar-refractivity contribution in [2.45, 2.75) is 12.8 Å². The topological polar surface area (TPSA) is 57.6 Å². The number of carboxylic acids is 1. The van der Waals surface area contributed by atoms with Crippen LogP contribution in [-0.4, -0.2) is 35.5 Å². The van der Waals surface area contributed by atoms with E-state index in [0.717, 1.165) is 0 Å². The van der Waals surface area contributed by atoms with Gasteiger partial charge in [-0.15, -0.1) is 0 Å². The van der Waals surface area contributed by atoms with Gasteiger partial charge in [-0.25, -0.2) is 4.39 Å². The lowest BCUT2D eigenvalue weighted by Crippen LogP contribution is -2.28. The predicted octanol–water partition coefficient (Wildman–Crippen LogP) is 2.37. The minimum atomic E-state index is -0.882. The lowest BCUT2D eigenvalue weighted by Gasteiger charge is -2.17. The number of carboxylic acid groups (broad SMARTS) is 1. The van der Waals surface area contributed by atoms with Gasteiger partial charge in [0, 0.05) is 23.6 Å². The molecule has 1 aromatic carbocycles. The first-order valence-corrected chi connectivity index (χ1v) is 6.42. The van der Waals surface area contributed by atoms with Crippen molar-refractivity contribution in [3.63, 3.8) is 0 Å². The van der Waals surface area contributed by atoms with Crippen molar-refractivity contribution in [2.24, 2.45) is 0 Å². The SMILES string of the molecule is CN(CCCC(=O)O)C(=O)c1ccc(F)cc1I. The highest BCUT2D eigenvalue weighted by Crippen LogP contribution is 2.15. The minimum absolute atomic E-state index is 0.0259. The van der Waals surface area contributed by atoms with Gasteiger partial charge in [0.2, 0.25) is 0 Å². The maximum atomic E-state index is 12.9. The molecule has 18 heavy (non-hydrogen) atoms. The molecular weight excluding hydrogens is 352 g/mol. The highest BCUT2D eigenvalue weighted by Gasteiger charge is 2.15. The molecule has 0 spiro atoms. The molecule has 0 aliphatic rings. The van der Waals surface area contributed by atoms with Crippen LogP contribution in [0, 0.1) is 9.39 Å². The van der Waals surface area contributed by atoms with Crippen LogP contribution in [0.2, 0.25) is 0 Å². The summed E-state index contributed by atoms with van der Waals surface area (Å²) >= 11 is 1.90. The molecule has 1 rings (SSSR count). The second kappa shape index (κ2) is 6.67. The number of aliphatic carboxylic acids is 1. The second-order valence-corrected chi connectivity index (χ2v) is 5.01. The van der Waals surface area contributed by atoms with E-state index in [0.29, 0.717) is 22.1 Å². The van der Waals surface area contributed by atoms with Gasteiger partial charge in [-0.1, -0.05) is 0 Å². The Morgan fingerprint density at radius 3 is 2.67 bits per heavy atom. The van der Waals surface area contributed by atoms with Gasteiger partial charge in [0.05, 0.1) is 5.56 Å². The lowest BCUT2D eigenvalue weighted by atomic mass is 10.2. The number of carbonyl (C=O) groups is 2. The largest absolute Gasteiger partial charge is 0.481 e. The summed E-state index contributed by atoms with van der Waals surface area (Å²) in [6.07, 6.45) is 0.424. The summed E-state index contributed by atoms with van der Waals surface area (Å²) in [4.78, 5) is 23.8. The maximum Gasteiger partial charge on any atom is 0.303 e. The summed E-state index contributed by atoms with van der Waals surface area (Å²) in [5.41, 5.74) is 0.426. The molecule has 0 radical (unpaired) electrons. The van der Waals surface area contributed by atoms with E-state index in [-0.39, 0.29) is 18.1 Å². The molecular formula is C12H13FINO3. The van der Waals surface area contributed by atoms with Crippen molar-refractivity contribution in [3.05, 3.63) is 33.1 Å². The summed E-state index contributed by atoms with van der Waals surface area (Å²) < 4.78 is 13.5. The van der Waals surface area contributed by atoms with Crippen molar-refractivity contribution in [3.8, 4) is 0 Å². The molecule has 0 atom stereocenters. The molecule has 0 saturated carbocycles. The Bertz CT molecular complexity index is 465. The van der Waals surface area contributed by atoms with E-state index in [9.17, 15) is 14.0 Å². The number of halogens is 2. The molecule has 1 aromatic rings. The fourth-order valence-corrected chi connectivity index (χ4v) is 2.15. The number of rotatable bonds is 5. The minimum Gasteiger partial charge on any atom is -0.481 e. The molecule has 0 aliphatic heterocycles. The molecule has 98 valence electrons. The smallest absolute Gasteiger partial charge is 0.303 e. The Morgan fingerprint density at radius 1 is 1.44 bits per heavy atom. The third-order valence-electron chi connectivity index (χ3n) is 2.39. The molecule has 0 saturated heterocycles. The van der Waals surface area contributed by atoms with Crippen LogP contribution in [0.15, 0.2) is 18.2 Å². The standard InChI is InChI=1S/C12H13FINO3/c1-15(6-2-3-11(16)17)12(18)9-5-4-8(13)7-10(9)14/h4-5,7H,2-3,6H2,1H3,(H,16,17). The first-order valence-electron chi connectivity index (χ1n) is 5.34. The zero-order valence-electron chi connectivity index (χ0n) is 9.82. The molecule has 0 heterocycles. The van der Waals surface area contributed by atoms with Crippen LogP contribution in [0.3, 0.4) is 0 Å². The van der Waals surface area contributed by atoms with Crippen LogP contribution in [0.4, 0.5) is 4.39 Å². The molecule has 0 fully saturated rings. The van der Waals surface area contributed by atoms with Crippen LogP contribution in [-0.2, 0) is 4.79 Å². The van der Waals surface area contributed by atoms with Gasteiger partial charge < -0.3 is 10.0 Å². The van der Waals surface area contributed by atoms with E-state index in [1.165, 1.54) is 23.1 Å². The monoisotopic (exact) mass is 365 g/mol. The normalized spacial score (nSPS) is 10.2. The fraction of sp³-hybridized carbons (Fsp3) is 0.333. The Balaban J connectivity index is 2.65. The van der Waals surface area contributed by atoms with Crippen LogP contribution < -0.4 is 0 Å². The molecule has 1 N–H and O–H groups in total. The van der Waals surface area contributed by atoms with Crippen molar-refractivity contribution >= 4 is 34.5 Å². The van der Waals surface area contributed by atoms with Gasteiger partial charge >= 0.3 is 5.97 Å². The van der Waals surface area contributed by atoms with Crippen LogP contribution in [0.1, 0.15) is 23.2 Å². The van der Waals surface area contributed by atoms with E-state index >= 15 is 0 Å². The number of hydrogen-bond acceptors (Lipinski definition) is 2. The highest BCUT2D eigenvalue weighted by molar-refractivity contribution is 14.1. The number of hydrogen-bond donors (Lipinski definition) is 1. The fourth-order valence-electron chi connectivity index (χ4n) is 1.44. The third kappa shape index (κ3) is 4.25. The molecule has 0 aromatic heterocycles. The molecule has 0 unspecified atom stereocenters. The summed E-state index contributed by atoms with van der Waals surface area (Å²) in [7, 11) is 1.60. The molecule has 0 bridgehead atoms. The molecule has 6 heteroatoms. The molecule has 0 aliphatic carbocycles. The van der Waals surface area contributed by atoms with Crippen molar-refractivity contribution < 1.29 is 19.1 Å². The van der Waals surface area contributed by atoms with E-state index in [4.69, 9.17) is 5.11 Å². The van der Waals surface area contributed by atoms with Crippen LogP contribution in [0.5, 0.6) is 0 Å². The van der Waals surface area contributed by atoms with Gasteiger partial charge in [0.1, 0.15) is 5.82 Å². The van der Waals surface area contributed by atoms with Gasteiger partial charge in [0.25, 0.3) is 5.91 Å². The van der Waals surface area contributed by atoms with E-state index < -0.39 is 5.97 Å². The van der Waals surface area contributed by atoms with Gasteiger partial charge in [-0.05, 0) is 47.2 Å².